The van der Waals surface area contributed by atoms with Gasteiger partial charge in [-0.25, -0.2) is 0 Å². The van der Waals surface area contributed by atoms with Crippen LogP contribution in [0.15, 0.2) is 12.7 Å². The van der Waals surface area contributed by atoms with E-state index in [1.165, 1.54) is 0 Å². The summed E-state index contributed by atoms with van der Waals surface area (Å²) in [7, 11) is 0. The Morgan fingerprint density at radius 1 is 1.62 bits per heavy atom. The normalized spacial score (nSPS) is 14.1. The van der Waals surface area contributed by atoms with E-state index in [4.69, 9.17) is 9.79 Å². The van der Waals surface area contributed by atoms with E-state index in [1.807, 2.05) is 0 Å². The van der Waals surface area contributed by atoms with Crippen LogP contribution >= 0.6 is 17.1 Å². The highest BCUT2D eigenvalue weighted by Crippen LogP contribution is 2.54. The first-order valence-corrected chi connectivity index (χ1v) is 8.53. The van der Waals surface area contributed by atoms with E-state index in [0.717, 1.165) is 37.1 Å². The van der Waals surface area contributed by atoms with Crippen LogP contribution in [0.1, 0.15) is 32.6 Å². The van der Waals surface area contributed by atoms with E-state index >= 15 is 0 Å². The molecule has 0 rings (SSSR count). The molecule has 0 bridgehead atoms. The highest BCUT2D eigenvalue weighted by Gasteiger charge is 2.16. The Kier molecular flexibility index (Phi) is 7.37. The maximum atomic E-state index is 9.12. The van der Waals surface area contributed by atoms with Gasteiger partial charge < -0.3 is 9.79 Å². The van der Waals surface area contributed by atoms with Gasteiger partial charge in [0.25, 0.3) is 0 Å². The molecule has 78 valence electrons. The summed E-state index contributed by atoms with van der Waals surface area (Å²) in [5.41, 5.74) is -3.09. The zero-order valence-electron chi connectivity index (χ0n) is 7.85. The molecule has 2 N–H and O–H groups in total. The van der Waals surface area contributed by atoms with Gasteiger partial charge in [-0.1, -0.05) is 37.2 Å². The molecule has 0 amide bonds. The second-order valence-corrected chi connectivity index (χ2v) is 9.12. The van der Waals surface area contributed by atoms with Gasteiger partial charge in [-0.2, -0.15) is 0 Å². The van der Waals surface area contributed by atoms with E-state index in [2.05, 4.69) is 25.3 Å². The molecule has 1 unspecified atom stereocenters. The van der Waals surface area contributed by atoms with Crippen molar-refractivity contribution in [3.63, 3.8) is 0 Å². The van der Waals surface area contributed by atoms with Gasteiger partial charge in [0.05, 0.1) is 0 Å². The number of rotatable bonds is 7. The summed E-state index contributed by atoms with van der Waals surface area (Å²) in [5.74, 6) is 0. The Morgan fingerprint density at radius 2 is 2.23 bits per heavy atom. The molecule has 2 nitrogen and oxygen atoms in total. The van der Waals surface area contributed by atoms with Gasteiger partial charge >= 0.3 is 0 Å². The lowest BCUT2D eigenvalue weighted by molar-refractivity contribution is 0.501. The van der Waals surface area contributed by atoms with Crippen molar-refractivity contribution in [3.8, 4) is 0 Å². The number of allylic oxidation sites excluding steroid dienone is 1. The van der Waals surface area contributed by atoms with Crippen LogP contribution in [0, 0.1) is 0 Å². The van der Waals surface area contributed by atoms with Gasteiger partial charge in [0.1, 0.15) is 0 Å². The van der Waals surface area contributed by atoms with Crippen LogP contribution in [-0.4, -0.2) is 15.0 Å². The van der Waals surface area contributed by atoms with E-state index in [-0.39, 0.29) is 5.25 Å². The summed E-state index contributed by atoms with van der Waals surface area (Å²) >= 11 is 5.71. The van der Waals surface area contributed by atoms with Crippen LogP contribution in [0.4, 0.5) is 0 Å². The third-order valence-electron chi connectivity index (χ3n) is 1.60. The fraction of sp³-hybridized carbons (Fsp3) is 0.750. The maximum Gasteiger partial charge on any atom is 0.242 e. The van der Waals surface area contributed by atoms with E-state index < -0.39 is 5.69 Å². The molecular weight excluding hydrogens is 223 g/mol. The SMILES string of the molecule is C=CCC(CCCC)SP(O)(O)=S. The molecule has 1 atom stereocenters. The minimum absolute atomic E-state index is 0.221. The maximum absolute atomic E-state index is 9.12. The third kappa shape index (κ3) is 8.98. The van der Waals surface area contributed by atoms with Gasteiger partial charge in [0.15, 0.2) is 0 Å². The number of unbranched alkanes of at least 4 members (excludes halogenated alkanes) is 1. The van der Waals surface area contributed by atoms with Crippen LogP contribution in [-0.2, 0) is 11.8 Å². The Morgan fingerprint density at radius 3 is 2.62 bits per heavy atom. The average Bonchev–Trinajstić information content (AvgIpc) is 1.98. The lowest BCUT2D eigenvalue weighted by Gasteiger charge is -2.16. The molecular formula is C8H17O2PS2. The second-order valence-electron chi connectivity index (χ2n) is 2.88. The predicted molar refractivity (Wildman–Crippen MR) is 64.4 cm³/mol. The summed E-state index contributed by atoms with van der Waals surface area (Å²) in [5, 5.41) is 0.221. The first-order chi connectivity index (χ1) is 5.99. The van der Waals surface area contributed by atoms with Crippen molar-refractivity contribution in [2.24, 2.45) is 0 Å². The standard InChI is InChI=1S/C8H17O2PS2/c1-3-5-7-8(6-4-2)13-11(9,10)12/h4,8H,2-3,5-7H2,1H3,(H2,9,10,12). The zero-order chi connectivity index (χ0) is 10.3. The molecule has 0 aromatic carbocycles. The molecule has 0 saturated carbocycles. The molecule has 0 aliphatic carbocycles. The van der Waals surface area contributed by atoms with E-state index in [1.54, 1.807) is 6.08 Å². The lowest BCUT2D eigenvalue weighted by Crippen LogP contribution is -2.00. The van der Waals surface area contributed by atoms with Crippen molar-refractivity contribution in [1.29, 1.82) is 0 Å². The summed E-state index contributed by atoms with van der Waals surface area (Å²) < 4.78 is 0. The van der Waals surface area contributed by atoms with Gasteiger partial charge in [-0.3, -0.25) is 0 Å². The van der Waals surface area contributed by atoms with Crippen LogP contribution in [0.25, 0.3) is 0 Å². The number of hydrogen-bond donors (Lipinski definition) is 2. The molecule has 0 heterocycles. The summed E-state index contributed by atoms with van der Waals surface area (Å²) in [4.78, 5) is 18.2. The zero-order valence-corrected chi connectivity index (χ0v) is 10.4. The second kappa shape index (κ2) is 7.02. The van der Waals surface area contributed by atoms with Crippen molar-refractivity contribution < 1.29 is 9.79 Å². The van der Waals surface area contributed by atoms with Gasteiger partial charge in [-0.05, 0) is 24.6 Å². The molecule has 0 aliphatic heterocycles. The van der Waals surface area contributed by atoms with Crippen LogP contribution < -0.4 is 0 Å². The number of hydrogen-bond acceptors (Lipinski definition) is 2. The summed E-state index contributed by atoms with van der Waals surface area (Å²) in [6, 6.07) is 0. The minimum atomic E-state index is -3.09. The van der Waals surface area contributed by atoms with Crippen molar-refractivity contribution in [1.82, 2.24) is 0 Å². The Labute approximate surface area is 89.4 Å². The summed E-state index contributed by atoms with van der Waals surface area (Å²) in [6.07, 6.45) is 5.80. The van der Waals surface area contributed by atoms with Crippen LogP contribution in [0.2, 0.25) is 0 Å². The van der Waals surface area contributed by atoms with Gasteiger partial charge in [0, 0.05) is 5.25 Å². The smallest absolute Gasteiger partial charge is 0.242 e. The van der Waals surface area contributed by atoms with E-state index in [9.17, 15) is 0 Å². The van der Waals surface area contributed by atoms with Crippen molar-refractivity contribution >= 4 is 28.9 Å². The monoisotopic (exact) mass is 240 g/mol. The average molecular weight is 240 g/mol. The third-order valence-corrected chi connectivity index (χ3v) is 5.09. The van der Waals surface area contributed by atoms with Crippen molar-refractivity contribution in [2.45, 2.75) is 37.9 Å². The Hall–Kier alpha value is 0.660. The van der Waals surface area contributed by atoms with Crippen LogP contribution in [0.3, 0.4) is 0 Å². The first-order valence-electron chi connectivity index (χ1n) is 4.34. The molecule has 5 heteroatoms. The highest BCUT2D eigenvalue weighted by molar-refractivity contribution is 8.67. The van der Waals surface area contributed by atoms with Crippen LogP contribution in [0.5, 0.6) is 0 Å². The Bertz CT molecular complexity index is 191. The lowest BCUT2D eigenvalue weighted by atomic mass is 10.1. The molecule has 13 heavy (non-hydrogen) atoms. The largest absolute Gasteiger partial charge is 0.338 e. The predicted octanol–water partition coefficient (Wildman–Crippen LogP) is 3.06. The fourth-order valence-corrected chi connectivity index (χ4v) is 4.74. The molecule has 0 aromatic rings. The van der Waals surface area contributed by atoms with Gasteiger partial charge in [0.2, 0.25) is 5.69 Å². The Balaban J connectivity index is 3.93. The summed E-state index contributed by atoms with van der Waals surface area (Å²) in [6.45, 7) is 5.76. The van der Waals surface area contributed by atoms with Crippen molar-refractivity contribution in [3.05, 3.63) is 12.7 Å². The quantitative estimate of drug-likeness (QED) is 0.530. The highest BCUT2D eigenvalue weighted by atomic mass is 32.9. The van der Waals surface area contributed by atoms with E-state index in [0.29, 0.717) is 0 Å². The van der Waals surface area contributed by atoms with Crippen molar-refractivity contribution in [2.75, 3.05) is 0 Å². The topological polar surface area (TPSA) is 40.5 Å². The molecule has 0 radical (unpaired) electrons. The van der Waals surface area contributed by atoms with Gasteiger partial charge in [-0.15, -0.1) is 6.58 Å². The first kappa shape index (κ1) is 13.7. The minimum Gasteiger partial charge on any atom is -0.338 e. The molecule has 0 aliphatic rings. The fourth-order valence-electron chi connectivity index (χ4n) is 1.03. The molecule has 0 aromatic heterocycles. The molecule has 0 saturated heterocycles. The molecule has 0 spiro atoms. The molecule has 0 fully saturated rings.